The largest absolute Gasteiger partial charge is 0.467 e. The van der Waals surface area contributed by atoms with E-state index in [-0.39, 0.29) is 23.6 Å². The quantitative estimate of drug-likeness (QED) is 0.254. The number of furan rings is 1. The van der Waals surface area contributed by atoms with Gasteiger partial charge in [0.15, 0.2) is 5.43 Å². The topological polar surface area (TPSA) is 72.9 Å². The summed E-state index contributed by atoms with van der Waals surface area (Å²) < 4.78 is 18.3. The van der Waals surface area contributed by atoms with Crippen molar-refractivity contribution < 1.29 is 18.4 Å². The molecule has 0 fully saturated rings. The molecule has 35 heavy (non-hydrogen) atoms. The highest BCUT2D eigenvalue weighted by Gasteiger charge is 2.43. The van der Waals surface area contributed by atoms with Crippen molar-refractivity contribution >= 4 is 32.8 Å². The van der Waals surface area contributed by atoms with Gasteiger partial charge in [-0.1, -0.05) is 46.3 Å². The van der Waals surface area contributed by atoms with E-state index in [4.69, 9.17) is 13.6 Å². The number of nitrogens with zero attached hydrogens (tertiary/aromatic N) is 1. The summed E-state index contributed by atoms with van der Waals surface area (Å²) in [5.41, 5.74) is 1.17. The van der Waals surface area contributed by atoms with E-state index in [0.29, 0.717) is 33.8 Å². The minimum Gasteiger partial charge on any atom is -0.467 e. The van der Waals surface area contributed by atoms with Crippen molar-refractivity contribution in [3.05, 3.63) is 129 Å². The summed E-state index contributed by atoms with van der Waals surface area (Å²) in [7, 11) is 0. The average Bonchev–Trinajstić information content (AvgIpc) is 3.48. The molecule has 0 bridgehead atoms. The molecule has 1 atom stereocenters. The lowest BCUT2D eigenvalue weighted by Crippen LogP contribution is -2.29. The van der Waals surface area contributed by atoms with E-state index in [2.05, 4.69) is 15.9 Å². The van der Waals surface area contributed by atoms with Crippen LogP contribution in [0.3, 0.4) is 0 Å². The number of para-hydroxylation sites is 1. The second-order valence-corrected chi connectivity index (χ2v) is 9.13. The standard InChI is InChI=1S/C28H18BrNO5/c29-18-11-12-23-22(15-18)26(31)24-25(30(28(32)27(24)35-23)16-21-10-5-13-33-21)17-6-4-9-20(14-17)34-19-7-2-1-3-8-19/h1-15,25H,16H2. The third-order valence-corrected chi connectivity index (χ3v) is 6.48. The molecule has 3 heterocycles. The zero-order valence-corrected chi connectivity index (χ0v) is 19.9. The fourth-order valence-corrected chi connectivity index (χ4v) is 4.81. The van der Waals surface area contributed by atoms with Crippen LogP contribution in [0, 0.1) is 0 Å². The van der Waals surface area contributed by atoms with Crippen LogP contribution in [-0.2, 0) is 6.54 Å². The van der Waals surface area contributed by atoms with Gasteiger partial charge >= 0.3 is 0 Å². The first-order chi connectivity index (χ1) is 17.1. The molecule has 172 valence electrons. The summed E-state index contributed by atoms with van der Waals surface area (Å²) in [5, 5.41) is 0.410. The second kappa shape index (κ2) is 8.60. The van der Waals surface area contributed by atoms with E-state index in [1.54, 1.807) is 41.5 Å². The minimum atomic E-state index is -0.665. The molecule has 7 heteroatoms. The Morgan fingerprint density at radius 1 is 0.886 bits per heavy atom. The first kappa shape index (κ1) is 21.4. The van der Waals surface area contributed by atoms with Crippen molar-refractivity contribution in [3.63, 3.8) is 0 Å². The molecule has 0 saturated carbocycles. The van der Waals surface area contributed by atoms with Crippen molar-refractivity contribution in [1.29, 1.82) is 0 Å². The zero-order valence-electron chi connectivity index (χ0n) is 18.3. The molecule has 6 nitrogen and oxygen atoms in total. The summed E-state index contributed by atoms with van der Waals surface area (Å²) in [6, 6.07) is 24.9. The van der Waals surface area contributed by atoms with Crippen molar-refractivity contribution in [2.75, 3.05) is 0 Å². The van der Waals surface area contributed by atoms with E-state index in [9.17, 15) is 9.59 Å². The van der Waals surface area contributed by atoms with Gasteiger partial charge in [0, 0.05) is 4.47 Å². The molecule has 0 radical (unpaired) electrons. The second-order valence-electron chi connectivity index (χ2n) is 8.22. The molecule has 5 aromatic rings. The Labute approximate surface area is 208 Å². The Hall–Kier alpha value is -4.10. The first-order valence-corrected chi connectivity index (χ1v) is 11.8. The monoisotopic (exact) mass is 527 g/mol. The number of benzene rings is 3. The number of fused-ring (bicyclic) bond motifs is 2. The Morgan fingerprint density at radius 3 is 2.51 bits per heavy atom. The molecule has 1 aliphatic heterocycles. The highest BCUT2D eigenvalue weighted by atomic mass is 79.9. The molecule has 3 aromatic carbocycles. The minimum absolute atomic E-state index is 0.0516. The maximum absolute atomic E-state index is 13.7. The van der Waals surface area contributed by atoms with Crippen LogP contribution in [0.15, 0.2) is 109 Å². The smallest absolute Gasteiger partial charge is 0.291 e. The predicted molar refractivity (Wildman–Crippen MR) is 134 cm³/mol. The van der Waals surface area contributed by atoms with Gasteiger partial charge in [-0.25, -0.2) is 0 Å². The molecular formula is C28H18BrNO5. The van der Waals surface area contributed by atoms with Gasteiger partial charge in [-0.2, -0.15) is 0 Å². The molecule has 1 unspecified atom stereocenters. The maximum atomic E-state index is 13.7. The van der Waals surface area contributed by atoms with E-state index in [1.165, 1.54) is 0 Å². The Morgan fingerprint density at radius 2 is 1.71 bits per heavy atom. The lowest BCUT2D eigenvalue weighted by atomic mass is 9.98. The van der Waals surface area contributed by atoms with E-state index < -0.39 is 6.04 Å². The van der Waals surface area contributed by atoms with Crippen molar-refractivity contribution in [3.8, 4) is 11.5 Å². The van der Waals surface area contributed by atoms with Crippen LogP contribution in [0.5, 0.6) is 11.5 Å². The zero-order chi connectivity index (χ0) is 23.9. The van der Waals surface area contributed by atoms with Crippen LogP contribution in [0.25, 0.3) is 11.0 Å². The van der Waals surface area contributed by atoms with E-state index in [0.717, 1.165) is 10.0 Å². The number of carbonyl (C=O) groups excluding carboxylic acids is 1. The summed E-state index contributed by atoms with van der Waals surface area (Å²) in [6.45, 7) is 0.184. The molecular weight excluding hydrogens is 510 g/mol. The van der Waals surface area contributed by atoms with Crippen LogP contribution < -0.4 is 10.2 Å². The molecule has 6 rings (SSSR count). The molecule has 2 aromatic heterocycles. The number of halogens is 1. The number of ether oxygens (including phenoxy) is 1. The molecule has 0 aliphatic carbocycles. The molecule has 0 saturated heterocycles. The first-order valence-electron chi connectivity index (χ1n) is 11.0. The van der Waals surface area contributed by atoms with Gasteiger partial charge in [-0.3, -0.25) is 9.59 Å². The predicted octanol–water partition coefficient (Wildman–Crippen LogP) is 6.69. The maximum Gasteiger partial charge on any atom is 0.291 e. The SMILES string of the molecule is O=C1c2oc3ccc(Br)cc3c(=O)c2C(c2cccc(Oc3ccccc3)c2)N1Cc1ccco1. The Balaban J connectivity index is 1.51. The van der Waals surface area contributed by atoms with Crippen molar-refractivity contribution in [1.82, 2.24) is 4.90 Å². The van der Waals surface area contributed by atoms with Crippen LogP contribution in [-0.4, -0.2) is 10.8 Å². The molecule has 0 N–H and O–H groups in total. The van der Waals surface area contributed by atoms with Crippen molar-refractivity contribution in [2.45, 2.75) is 12.6 Å². The van der Waals surface area contributed by atoms with Gasteiger partial charge in [0.1, 0.15) is 22.8 Å². The fourth-order valence-electron chi connectivity index (χ4n) is 4.45. The van der Waals surface area contributed by atoms with E-state index in [1.807, 2.05) is 54.6 Å². The molecule has 1 aliphatic rings. The lowest BCUT2D eigenvalue weighted by Gasteiger charge is -2.24. The van der Waals surface area contributed by atoms with E-state index >= 15 is 0 Å². The average molecular weight is 528 g/mol. The number of hydrogen-bond donors (Lipinski definition) is 0. The number of amides is 1. The van der Waals surface area contributed by atoms with Crippen LogP contribution in [0.1, 0.15) is 33.5 Å². The van der Waals surface area contributed by atoms with Gasteiger partial charge < -0.3 is 18.5 Å². The normalized spacial score (nSPS) is 14.9. The van der Waals surface area contributed by atoms with Crippen LogP contribution in [0.4, 0.5) is 0 Å². The molecule has 1 amide bonds. The van der Waals surface area contributed by atoms with Crippen LogP contribution in [0.2, 0.25) is 0 Å². The number of carbonyl (C=O) groups is 1. The lowest BCUT2D eigenvalue weighted by molar-refractivity contribution is 0.0701. The number of rotatable bonds is 5. The third-order valence-electron chi connectivity index (χ3n) is 5.99. The summed E-state index contributed by atoms with van der Waals surface area (Å²) in [5.74, 6) is 1.58. The van der Waals surface area contributed by atoms with Crippen LogP contribution >= 0.6 is 15.9 Å². The van der Waals surface area contributed by atoms with Gasteiger partial charge in [0.25, 0.3) is 5.91 Å². The highest BCUT2D eigenvalue weighted by Crippen LogP contribution is 2.40. The Bertz CT molecular complexity index is 1610. The van der Waals surface area contributed by atoms with Gasteiger partial charge in [-0.15, -0.1) is 0 Å². The highest BCUT2D eigenvalue weighted by molar-refractivity contribution is 9.10. The summed E-state index contributed by atoms with van der Waals surface area (Å²) in [6.07, 6.45) is 1.56. The fraction of sp³-hybridized carbons (Fsp3) is 0.0714. The number of hydrogen-bond acceptors (Lipinski definition) is 5. The molecule has 0 spiro atoms. The summed E-state index contributed by atoms with van der Waals surface area (Å²) in [4.78, 5) is 28.9. The van der Waals surface area contributed by atoms with Gasteiger partial charge in [-0.05, 0) is 60.2 Å². The third kappa shape index (κ3) is 3.84. The van der Waals surface area contributed by atoms with Crippen molar-refractivity contribution in [2.24, 2.45) is 0 Å². The van der Waals surface area contributed by atoms with Gasteiger partial charge in [0.05, 0.1) is 29.8 Å². The summed E-state index contributed by atoms with van der Waals surface area (Å²) >= 11 is 3.42. The Kier molecular flexibility index (Phi) is 5.26. The van der Waals surface area contributed by atoms with Gasteiger partial charge in [0.2, 0.25) is 5.76 Å².